The molecule has 0 aliphatic rings. The van der Waals surface area contributed by atoms with Gasteiger partial charge in [-0.25, -0.2) is 9.97 Å². The molecule has 123 valence electrons. The number of aromatic hydroxyl groups is 2. The SMILES string of the molecule is Cc1ccc2cccc(O)c2n1.Cc1ccc2cccc(O)c2n1.[Ga]. The Kier molecular flexibility index (Phi) is 6.06. The van der Waals surface area contributed by atoms with E-state index in [4.69, 9.17) is 0 Å². The van der Waals surface area contributed by atoms with Gasteiger partial charge in [0.1, 0.15) is 22.5 Å². The van der Waals surface area contributed by atoms with Crippen LogP contribution in [-0.2, 0) is 0 Å². The number of nitrogens with zero attached hydrogens (tertiary/aromatic N) is 2. The van der Waals surface area contributed by atoms with Gasteiger partial charge in [0.15, 0.2) is 0 Å². The van der Waals surface area contributed by atoms with Gasteiger partial charge in [-0.05, 0) is 38.1 Å². The van der Waals surface area contributed by atoms with E-state index in [1.807, 2.05) is 62.4 Å². The minimum atomic E-state index is 0. The average Bonchev–Trinajstić information content (AvgIpc) is 2.57. The summed E-state index contributed by atoms with van der Waals surface area (Å²) in [5.74, 6) is 0.493. The smallest absolute Gasteiger partial charge is 0.141 e. The van der Waals surface area contributed by atoms with Gasteiger partial charge in [0, 0.05) is 42.0 Å². The van der Waals surface area contributed by atoms with Crippen LogP contribution in [0.3, 0.4) is 0 Å². The van der Waals surface area contributed by atoms with E-state index in [0.29, 0.717) is 11.0 Å². The van der Waals surface area contributed by atoms with Gasteiger partial charge in [0.2, 0.25) is 0 Å². The second kappa shape index (κ2) is 8.05. The van der Waals surface area contributed by atoms with Gasteiger partial charge in [-0.1, -0.05) is 36.4 Å². The van der Waals surface area contributed by atoms with Crippen LogP contribution < -0.4 is 0 Å². The fraction of sp³-hybridized carbons (Fsp3) is 0.100. The Morgan fingerprint density at radius 2 is 1.00 bits per heavy atom. The Balaban J connectivity index is 0.000000173. The van der Waals surface area contributed by atoms with E-state index in [1.165, 1.54) is 0 Å². The van der Waals surface area contributed by atoms with Crippen molar-refractivity contribution in [1.82, 2.24) is 9.97 Å². The fourth-order valence-corrected chi connectivity index (χ4v) is 2.46. The molecule has 4 aromatic rings. The molecule has 4 rings (SSSR count). The summed E-state index contributed by atoms with van der Waals surface area (Å²) in [6.45, 7) is 3.82. The largest absolute Gasteiger partial charge is 0.506 e. The number of hydrogen-bond acceptors (Lipinski definition) is 4. The molecule has 0 aliphatic heterocycles. The van der Waals surface area contributed by atoms with Crippen LogP contribution in [0.25, 0.3) is 21.8 Å². The molecule has 0 spiro atoms. The molecule has 2 aromatic carbocycles. The van der Waals surface area contributed by atoms with Gasteiger partial charge in [0.05, 0.1) is 0 Å². The zero-order chi connectivity index (χ0) is 17.1. The summed E-state index contributed by atoms with van der Waals surface area (Å²) in [6, 6.07) is 18.6. The quantitative estimate of drug-likeness (QED) is 0.445. The molecule has 2 heterocycles. The third kappa shape index (κ3) is 4.32. The number of pyridine rings is 2. The van der Waals surface area contributed by atoms with Crippen molar-refractivity contribution in [2.24, 2.45) is 0 Å². The van der Waals surface area contributed by atoms with Crippen LogP contribution in [0.4, 0.5) is 0 Å². The van der Waals surface area contributed by atoms with Crippen molar-refractivity contribution < 1.29 is 10.2 Å². The molecule has 5 heteroatoms. The van der Waals surface area contributed by atoms with E-state index in [1.54, 1.807) is 12.1 Å². The maximum Gasteiger partial charge on any atom is 0.141 e. The molecule has 0 unspecified atom stereocenters. The van der Waals surface area contributed by atoms with Gasteiger partial charge in [-0.2, -0.15) is 0 Å². The zero-order valence-electron chi connectivity index (χ0n) is 14.1. The summed E-state index contributed by atoms with van der Waals surface area (Å²) in [7, 11) is 0. The summed E-state index contributed by atoms with van der Waals surface area (Å²) in [5.41, 5.74) is 3.20. The molecule has 2 N–H and O–H groups in total. The molecular formula is C20H18GaN2O2. The van der Waals surface area contributed by atoms with Crippen molar-refractivity contribution in [3.05, 3.63) is 72.1 Å². The number of phenolic OH excluding ortho intramolecular Hbond substituents is 2. The summed E-state index contributed by atoms with van der Waals surface area (Å²) in [5, 5.41) is 20.8. The monoisotopic (exact) mass is 387 g/mol. The second-order valence-corrected chi connectivity index (χ2v) is 5.60. The van der Waals surface area contributed by atoms with Crippen LogP contribution in [-0.4, -0.2) is 40.0 Å². The number of hydrogen-bond donors (Lipinski definition) is 2. The first-order chi connectivity index (χ1) is 11.5. The molecule has 0 bridgehead atoms. The Hall–Kier alpha value is -2.50. The van der Waals surface area contributed by atoms with Crippen molar-refractivity contribution in [2.75, 3.05) is 0 Å². The van der Waals surface area contributed by atoms with Crippen LogP contribution in [0.1, 0.15) is 11.4 Å². The number of aromatic nitrogens is 2. The van der Waals surface area contributed by atoms with Crippen molar-refractivity contribution in [3.8, 4) is 11.5 Å². The Morgan fingerprint density at radius 3 is 1.40 bits per heavy atom. The summed E-state index contributed by atoms with van der Waals surface area (Å²) in [4.78, 5) is 8.45. The van der Waals surface area contributed by atoms with Gasteiger partial charge in [-0.3, -0.25) is 0 Å². The van der Waals surface area contributed by atoms with E-state index >= 15 is 0 Å². The standard InChI is InChI=1S/2C10H9NO.Ga/c2*1-7-5-6-8-3-2-4-9(12)10(8)11-7;/h2*2-6,12H,1H3;. The number of fused-ring (bicyclic) bond motifs is 2. The Labute approximate surface area is 159 Å². The van der Waals surface area contributed by atoms with E-state index in [0.717, 1.165) is 22.2 Å². The van der Waals surface area contributed by atoms with E-state index in [9.17, 15) is 10.2 Å². The average molecular weight is 388 g/mol. The van der Waals surface area contributed by atoms with Gasteiger partial charge in [-0.15, -0.1) is 0 Å². The molecular weight excluding hydrogens is 370 g/mol. The number of aryl methyl sites for hydroxylation is 2. The first-order valence-electron chi connectivity index (χ1n) is 7.65. The maximum atomic E-state index is 9.43. The topological polar surface area (TPSA) is 66.2 Å². The van der Waals surface area contributed by atoms with Crippen molar-refractivity contribution in [1.29, 1.82) is 0 Å². The summed E-state index contributed by atoms with van der Waals surface area (Å²) in [6.07, 6.45) is 0. The van der Waals surface area contributed by atoms with E-state index in [-0.39, 0.29) is 31.3 Å². The summed E-state index contributed by atoms with van der Waals surface area (Å²) >= 11 is 0. The van der Waals surface area contributed by atoms with Crippen LogP contribution in [0, 0.1) is 13.8 Å². The minimum absolute atomic E-state index is 0. The molecule has 2 aromatic heterocycles. The first-order valence-corrected chi connectivity index (χ1v) is 7.65. The molecule has 0 saturated carbocycles. The third-order valence-corrected chi connectivity index (χ3v) is 3.68. The zero-order valence-corrected chi connectivity index (χ0v) is 16.6. The van der Waals surface area contributed by atoms with E-state index in [2.05, 4.69) is 9.97 Å². The normalized spacial score (nSPS) is 10.0. The predicted molar refractivity (Wildman–Crippen MR) is 102 cm³/mol. The molecule has 4 nitrogen and oxygen atoms in total. The fourth-order valence-electron chi connectivity index (χ4n) is 2.46. The minimum Gasteiger partial charge on any atom is -0.506 e. The molecule has 25 heavy (non-hydrogen) atoms. The second-order valence-electron chi connectivity index (χ2n) is 5.60. The van der Waals surface area contributed by atoms with Crippen LogP contribution in [0.15, 0.2) is 60.7 Å². The van der Waals surface area contributed by atoms with Crippen LogP contribution >= 0.6 is 0 Å². The molecule has 0 aliphatic carbocycles. The van der Waals surface area contributed by atoms with Crippen LogP contribution in [0.2, 0.25) is 0 Å². The van der Waals surface area contributed by atoms with E-state index < -0.39 is 0 Å². The number of phenols is 2. The molecule has 0 fully saturated rings. The van der Waals surface area contributed by atoms with Crippen molar-refractivity contribution >= 4 is 41.6 Å². The predicted octanol–water partition coefficient (Wildman–Crippen LogP) is 4.12. The number of benzene rings is 2. The Bertz CT molecular complexity index is 936. The molecule has 0 atom stereocenters. The van der Waals surface area contributed by atoms with Gasteiger partial charge in [0.25, 0.3) is 0 Å². The van der Waals surface area contributed by atoms with Crippen molar-refractivity contribution in [2.45, 2.75) is 13.8 Å². The molecule has 3 radical (unpaired) electrons. The first kappa shape index (κ1) is 18.8. The third-order valence-electron chi connectivity index (χ3n) is 3.68. The van der Waals surface area contributed by atoms with Gasteiger partial charge < -0.3 is 10.2 Å². The van der Waals surface area contributed by atoms with Crippen molar-refractivity contribution in [3.63, 3.8) is 0 Å². The number of rotatable bonds is 0. The summed E-state index contributed by atoms with van der Waals surface area (Å²) < 4.78 is 0. The van der Waals surface area contributed by atoms with Crippen LogP contribution in [0.5, 0.6) is 11.5 Å². The molecule has 0 saturated heterocycles. The molecule has 0 amide bonds. The Morgan fingerprint density at radius 1 is 0.600 bits per heavy atom. The maximum absolute atomic E-state index is 9.43. The number of para-hydroxylation sites is 2. The van der Waals surface area contributed by atoms with Gasteiger partial charge >= 0.3 is 0 Å².